The molecule has 5 heteroatoms. The SMILES string of the molecule is Clc1cc(-c2ccccc2-c2cccc3[nH]c4ccc5c6ccccc6oc5c4c23)nc(-c2ccccc2)n1. The number of hydrogen-bond acceptors (Lipinski definition) is 3. The van der Waals surface area contributed by atoms with Gasteiger partial charge >= 0.3 is 0 Å². The zero-order chi connectivity index (χ0) is 25.9. The first kappa shape index (κ1) is 22.1. The van der Waals surface area contributed by atoms with Gasteiger partial charge in [0.05, 0.1) is 16.6 Å². The lowest BCUT2D eigenvalue weighted by Crippen LogP contribution is -1.95. The summed E-state index contributed by atoms with van der Waals surface area (Å²) in [5.41, 5.74) is 8.70. The molecule has 0 radical (unpaired) electrons. The number of hydrogen-bond donors (Lipinski definition) is 1. The molecule has 0 atom stereocenters. The molecule has 0 saturated carbocycles. The standard InChI is InChI=1S/C34H20ClN3O/c35-30-19-28(37-34(38-30)20-9-2-1-3-10-20)22-12-5-4-11-21(22)24-14-8-15-26-31(24)32-27(36-26)18-17-25-23-13-6-7-16-29(23)39-33(25)32/h1-19,36H. The molecule has 0 aliphatic heterocycles. The van der Waals surface area contributed by atoms with E-state index in [2.05, 4.69) is 70.6 Å². The van der Waals surface area contributed by atoms with Crippen LogP contribution in [0.2, 0.25) is 5.15 Å². The number of fused-ring (bicyclic) bond motifs is 7. The largest absolute Gasteiger partial charge is 0.455 e. The Balaban J connectivity index is 1.42. The molecule has 8 rings (SSSR count). The molecule has 0 aliphatic carbocycles. The highest BCUT2D eigenvalue weighted by Crippen LogP contribution is 2.43. The molecule has 4 nitrogen and oxygen atoms in total. The summed E-state index contributed by atoms with van der Waals surface area (Å²) in [7, 11) is 0. The second-order valence-electron chi connectivity index (χ2n) is 9.63. The van der Waals surface area contributed by atoms with E-state index in [1.165, 1.54) is 0 Å². The van der Waals surface area contributed by atoms with Crippen LogP contribution < -0.4 is 0 Å². The van der Waals surface area contributed by atoms with Crippen LogP contribution in [0, 0.1) is 0 Å². The molecule has 184 valence electrons. The van der Waals surface area contributed by atoms with E-state index >= 15 is 0 Å². The molecule has 0 aliphatic rings. The summed E-state index contributed by atoms with van der Waals surface area (Å²) in [6.45, 7) is 0. The van der Waals surface area contributed by atoms with Gasteiger partial charge in [-0.25, -0.2) is 9.97 Å². The first-order chi connectivity index (χ1) is 19.2. The number of para-hydroxylation sites is 1. The highest BCUT2D eigenvalue weighted by molar-refractivity contribution is 6.30. The number of aromatic nitrogens is 3. The lowest BCUT2D eigenvalue weighted by molar-refractivity contribution is 0.673. The lowest BCUT2D eigenvalue weighted by Gasteiger charge is -2.12. The van der Waals surface area contributed by atoms with Gasteiger partial charge in [0.2, 0.25) is 0 Å². The summed E-state index contributed by atoms with van der Waals surface area (Å²) >= 11 is 6.54. The molecule has 8 aromatic rings. The summed E-state index contributed by atoms with van der Waals surface area (Å²) in [5.74, 6) is 0.599. The van der Waals surface area contributed by atoms with Crippen molar-refractivity contribution in [2.45, 2.75) is 0 Å². The number of halogens is 1. The molecule has 0 unspecified atom stereocenters. The Labute approximate surface area is 228 Å². The first-order valence-corrected chi connectivity index (χ1v) is 13.2. The summed E-state index contributed by atoms with van der Waals surface area (Å²) < 4.78 is 6.46. The van der Waals surface area contributed by atoms with Crippen molar-refractivity contribution in [1.29, 1.82) is 0 Å². The molecular formula is C34H20ClN3O. The Morgan fingerprint density at radius 2 is 1.33 bits per heavy atom. The van der Waals surface area contributed by atoms with Gasteiger partial charge in [-0.2, -0.15) is 0 Å². The first-order valence-electron chi connectivity index (χ1n) is 12.8. The van der Waals surface area contributed by atoms with E-state index < -0.39 is 0 Å². The van der Waals surface area contributed by atoms with Crippen LogP contribution in [0.25, 0.3) is 77.5 Å². The molecule has 0 fully saturated rings. The highest BCUT2D eigenvalue weighted by atomic mass is 35.5. The predicted octanol–water partition coefficient (Wildman–Crippen LogP) is 9.66. The zero-order valence-electron chi connectivity index (χ0n) is 20.7. The second kappa shape index (κ2) is 8.55. The van der Waals surface area contributed by atoms with E-state index in [9.17, 15) is 0 Å². The Kier molecular flexibility index (Phi) is 4.84. The van der Waals surface area contributed by atoms with Crippen LogP contribution in [-0.2, 0) is 0 Å². The number of rotatable bonds is 3. The van der Waals surface area contributed by atoms with E-state index in [0.29, 0.717) is 11.0 Å². The van der Waals surface area contributed by atoms with E-state index in [4.69, 9.17) is 21.0 Å². The van der Waals surface area contributed by atoms with Crippen LogP contribution in [0.15, 0.2) is 120 Å². The quantitative estimate of drug-likeness (QED) is 0.235. The monoisotopic (exact) mass is 521 g/mol. The van der Waals surface area contributed by atoms with Crippen molar-refractivity contribution in [3.63, 3.8) is 0 Å². The van der Waals surface area contributed by atoms with E-state index in [1.54, 1.807) is 0 Å². The predicted molar refractivity (Wildman–Crippen MR) is 160 cm³/mol. The van der Waals surface area contributed by atoms with Crippen molar-refractivity contribution in [2.24, 2.45) is 0 Å². The van der Waals surface area contributed by atoms with Crippen molar-refractivity contribution in [3.8, 4) is 33.8 Å². The van der Waals surface area contributed by atoms with Crippen LogP contribution in [0.4, 0.5) is 0 Å². The van der Waals surface area contributed by atoms with Crippen molar-refractivity contribution in [2.75, 3.05) is 0 Å². The maximum absolute atomic E-state index is 6.54. The molecule has 0 bridgehead atoms. The molecule has 39 heavy (non-hydrogen) atoms. The number of H-pyrrole nitrogens is 1. The van der Waals surface area contributed by atoms with Crippen LogP contribution in [0.1, 0.15) is 0 Å². The summed E-state index contributed by atoms with van der Waals surface area (Å²) in [6.07, 6.45) is 0. The van der Waals surface area contributed by atoms with Crippen LogP contribution >= 0.6 is 11.6 Å². The van der Waals surface area contributed by atoms with Crippen molar-refractivity contribution in [1.82, 2.24) is 15.0 Å². The van der Waals surface area contributed by atoms with Crippen LogP contribution in [0.3, 0.4) is 0 Å². The summed E-state index contributed by atoms with van der Waals surface area (Å²) in [6, 6.07) is 38.9. The van der Waals surface area contributed by atoms with Gasteiger partial charge in [-0.3, -0.25) is 0 Å². The van der Waals surface area contributed by atoms with Crippen LogP contribution in [0.5, 0.6) is 0 Å². The third kappa shape index (κ3) is 3.46. The molecule has 0 spiro atoms. The van der Waals surface area contributed by atoms with Gasteiger partial charge in [0, 0.05) is 38.9 Å². The van der Waals surface area contributed by atoms with E-state index in [0.717, 1.165) is 71.7 Å². The molecule has 5 aromatic carbocycles. The minimum atomic E-state index is 0.406. The molecule has 0 saturated heterocycles. The normalized spacial score (nSPS) is 11.7. The fraction of sp³-hybridized carbons (Fsp3) is 0. The zero-order valence-corrected chi connectivity index (χ0v) is 21.4. The number of nitrogens with zero attached hydrogens (tertiary/aromatic N) is 2. The Morgan fingerprint density at radius 3 is 2.23 bits per heavy atom. The molecule has 3 aromatic heterocycles. The van der Waals surface area contributed by atoms with Gasteiger partial charge in [0.25, 0.3) is 0 Å². The fourth-order valence-electron chi connectivity index (χ4n) is 5.65. The van der Waals surface area contributed by atoms with E-state index in [-0.39, 0.29) is 0 Å². The van der Waals surface area contributed by atoms with Gasteiger partial charge in [-0.15, -0.1) is 0 Å². The van der Waals surface area contributed by atoms with Gasteiger partial charge in [-0.1, -0.05) is 96.5 Å². The molecular weight excluding hydrogens is 502 g/mol. The topological polar surface area (TPSA) is 54.7 Å². The average Bonchev–Trinajstić information content (AvgIpc) is 3.55. The Bertz CT molecular complexity index is 2190. The third-order valence-corrected chi connectivity index (χ3v) is 7.54. The number of benzene rings is 5. The van der Waals surface area contributed by atoms with Crippen LogP contribution in [-0.4, -0.2) is 15.0 Å². The van der Waals surface area contributed by atoms with E-state index in [1.807, 2.05) is 54.6 Å². The van der Waals surface area contributed by atoms with Crippen molar-refractivity contribution >= 4 is 55.3 Å². The van der Waals surface area contributed by atoms with Gasteiger partial charge in [0.1, 0.15) is 16.3 Å². The molecule has 0 amide bonds. The van der Waals surface area contributed by atoms with Gasteiger partial charge in [0.15, 0.2) is 5.82 Å². The van der Waals surface area contributed by atoms with Crippen molar-refractivity contribution < 1.29 is 4.42 Å². The maximum Gasteiger partial charge on any atom is 0.161 e. The molecule has 1 N–H and O–H groups in total. The van der Waals surface area contributed by atoms with Gasteiger partial charge < -0.3 is 9.40 Å². The Hall–Kier alpha value is -4.93. The number of nitrogens with one attached hydrogen (secondary N) is 1. The van der Waals surface area contributed by atoms with Crippen molar-refractivity contribution in [3.05, 3.63) is 120 Å². The second-order valence-corrected chi connectivity index (χ2v) is 10.0. The minimum Gasteiger partial charge on any atom is -0.455 e. The minimum absolute atomic E-state index is 0.406. The number of furan rings is 1. The average molecular weight is 522 g/mol. The maximum atomic E-state index is 6.54. The van der Waals surface area contributed by atoms with Gasteiger partial charge in [-0.05, 0) is 35.4 Å². The summed E-state index contributed by atoms with van der Waals surface area (Å²) in [5, 5.41) is 4.83. The molecule has 3 heterocycles. The highest BCUT2D eigenvalue weighted by Gasteiger charge is 2.19. The lowest BCUT2D eigenvalue weighted by atomic mass is 9.93. The third-order valence-electron chi connectivity index (χ3n) is 7.35. The number of aromatic amines is 1. The fourth-order valence-corrected chi connectivity index (χ4v) is 5.83. The smallest absolute Gasteiger partial charge is 0.161 e. The Morgan fingerprint density at radius 1 is 0.590 bits per heavy atom. The summed E-state index contributed by atoms with van der Waals surface area (Å²) in [4.78, 5) is 13.1.